The van der Waals surface area contributed by atoms with Crippen LogP contribution in [0.3, 0.4) is 0 Å². The minimum atomic E-state index is -0.388. The van der Waals surface area contributed by atoms with E-state index in [2.05, 4.69) is 20.3 Å². The SMILES string of the molecule is O=C(Nc1ccn(CCCN2CCCC2)n1)c1cc(=O)[nH]c2ccc(Cl)cc12. The van der Waals surface area contributed by atoms with Gasteiger partial charge in [0, 0.05) is 40.8 Å². The van der Waals surface area contributed by atoms with Crippen LogP contribution in [0.4, 0.5) is 5.82 Å². The maximum Gasteiger partial charge on any atom is 0.257 e. The summed E-state index contributed by atoms with van der Waals surface area (Å²) in [6, 6.07) is 8.06. The minimum absolute atomic E-state index is 0.268. The number of fused-ring (bicyclic) bond motifs is 1. The number of rotatable bonds is 6. The molecule has 0 radical (unpaired) electrons. The van der Waals surface area contributed by atoms with Crippen LogP contribution < -0.4 is 10.9 Å². The van der Waals surface area contributed by atoms with Crippen molar-refractivity contribution < 1.29 is 4.79 Å². The van der Waals surface area contributed by atoms with Crippen LogP contribution in [0.5, 0.6) is 0 Å². The zero-order chi connectivity index (χ0) is 19.5. The number of hydrogen-bond donors (Lipinski definition) is 2. The predicted molar refractivity (Wildman–Crippen MR) is 110 cm³/mol. The lowest BCUT2D eigenvalue weighted by Crippen LogP contribution is -2.21. The summed E-state index contributed by atoms with van der Waals surface area (Å²) in [5, 5.41) is 8.27. The summed E-state index contributed by atoms with van der Waals surface area (Å²) in [5.74, 6) is 0.0716. The van der Waals surface area contributed by atoms with Gasteiger partial charge in [-0.15, -0.1) is 0 Å². The van der Waals surface area contributed by atoms with Crippen molar-refractivity contribution in [3.8, 4) is 0 Å². The first-order valence-corrected chi connectivity index (χ1v) is 9.86. The van der Waals surface area contributed by atoms with Crippen LogP contribution >= 0.6 is 11.6 Å². The molecule has 2 N–H and O–H groups in total. The zero-order valence-electron chi connectivity index (χ0n) is 15.4. The quantitative estimate of drug-likeness (QED) is 0.667. The van der Waals surface area contributed by atoms with Crippen molar-refractivity contribution >= 4 is 34.2 Å². The summed E-state index contributed by atoms with van der Waals surface area (Å²) in [7, 11) is 0. The summed E-state index contributed by atoms with van der Waals surface area (Å²) < 4.78 is 1.83. The van der Waals surface area contributed by atoms with E-state index in [1.165, 1.54) is 32.0 Å². The first-order chi connectivity index (χ1) is 13.6. The third kappa shape index (κ3) is 4.26. The maximum atomic E-state index is 12.7. The molecule has 0 aliphatic carbocycles. The molecule has 28 heavy (non-hydrogen) atoms. The number of nitrogens with zero attached hydrogens (tertiary/aromatic N) is 3. The molecule has 0 unspecified atom stereocenters. The molecule has 1 fully saturated rings. The maximum absolute atomic E-state index is 12.7. The monoisotopic (exact) mass is 399 g/mol. The Hall–Kier alpha value is -2.64. The number of nitrogens with one attached hydrogen (secondary N) is 2. The predicted octanol–water partition coefficient (Wildman–Crippen LogP) is 3.12. The third-order valence-corrected chi connectivity index (χ3v) is 5.23. The number of anilines is 1. The lowest BCUT2D eigenvalue weighted by Gasteiger charge is -2.13. The first kappa shape index (κ1) is 18.7. The largest absolute Gasteiger partial charge is 0.322 e. The summed E-state index contributed by atoms with van der Waals surface area (Å²) in [6.07, 6.45) is 5.46. The highest BCUT2D eigenvalue weighted by atomic mass is 35.5. The van der Waals surface area contributed by atoms with E-state index >= 15 is 0 Å². The molecule has 1 aromatic carbocycles. The van der Waals surface area contributed by atoms with E-state index in [0.29, 0.717) is 21.7 Å². The molecule has 3 aromatic rings. The molecule has 4 rings (SSSR count). The van der Waals surface area contributed by atoms with Gasteiger partial charge in [-0.25, -0.2) is 0 Å². The number of carbonyl (C=O) groups is 1. The molecule has 0 atom stereocenters. The van der Waals surface area contributed by atoms with Gasteiger partial charge in [-0.3, -0.25) is 14.3 Å². The summed E-state index contributed by atoms with van der Waals surface area (Å²) in [4.78, 5) is 29.8. The minimum Gasteiger partial charge on any atom is -0.322 e. The second-order valence-electron chi connectivity index (χ2n) is 7.06. The number of aromatic amines is 1. The lowest BCUT2D eigenvalue weighted by atomic mass is 10.1. The van der Waals surface area contributed by atoms with E-state index in [-0.39, 0.29) is 17.0 Å². The Balaban J connectivity index is 1.44. The summed E-state index contributed by atoms with van der Waals surface area (Å²) >= 11 is 6.05. The van der Waals surface area contributed by atoms with Crippen LogP contribution in [-0.4, -0.2) is 45.2 Å². The van der Waals surface area contributed by atoms with E-state index in [9.17, 15) is 9.59 Å². The van der Waals surface area contributed by atoms with E-state index in [1.807, 2.05) is 10.9 Å². The van der Waals surface area contributed by atoms with Gasteiger partial charge in [0.05, 0.1) is 5.56 Å². The van der Waals surface area contributed by atoms with Gasteiger partial charge in [0.25, 0.3) is 5.91 Å². The van der Waals surface area contributed by atoms with Gasteiger partial charge in [0.15, 0.2) is 5.82 Å². The normalized spacial score (nSPS) is 14.6. The number of amides is 1. The molecule has 146 valence electrons. The number of halogens is 1. The van der Waals surface area contributed by atoms with Crippen LogP contribution in [0, 0.1) is 0 Å². The van der Waals surface area contributed by atoms with Gasteiger partial charge in [-0.05, 0) is 57.1 Å². The van der Waals surface area contributed by atoms with Crippen molar-refractivity contribution in [3.05, 3.63) is 57.5 Å². The van der Waals surface area contributed by atoms with E-state index < -0.39 is 0 Å². The highest BCUT2D eigenvalue weighted by Crippen LogP contribution is 2.21. The third-order valence-electron chi connectivity index (χ3n) is 4.99. The molecule has 1 aliphatic rings. The van der Waals surface area contributed by atoms with Crippen LogP contribution in [-0.2, 0) is 6.54 Å². The van der Waals surface area contributed by atoms with Crippen molar-refractivity contribution in [1.82, 2.24) is 19.7 Å². The number of pyridine rings is 1. The standard InChI is InChI=1S/C20H22ClN5O2/c21-14-4-5-17-15(12-14)16(13-19(27)22-17)20(28)23-18-6-11-26(24-18)10-3-9-25-7-1-2-8-25/h4-6,11-13H,1-3,7-10H2,(H,22,27)(H,23,24,28). The van der Waals surface area contributed by atoms with Crippen molar-refractivity contribution in [3.63, 3.8) is 0 Å². The van der Waals surface area contributed by atoms with Crippen LogP contribution in [0.2, 0.25) is 5.02 Å². The molecule has 1 saturated heterocycles. The Kier molecular flexibility index (Phi) is 5.45. The van der Waals surface area contributed by atoms with Crippen molar-refractivity contribution in [2.75, 3.05) is 25.0 Å². The molecular formula is C20H22ClN5O2. The van der Waals surface area contributed by atoms with E-state index in [0.717, 1.165) is 19.5 Å². The van der Waals surface area contributed by atoms with Gasteiger partial charge in [-0.1, -0.05) is 11.6 Å². The molecule has 1 aliphatic heterocycles. The van der Waals surface area contributed by atoms with Gasteiger partial charge in [-0.2, -0.15) is 5.10 Å². The molecular weight excluding hydrogens is 378 g/mol. The van der Waals surface area contributed by atoms with Crippen molar-refractivity contribution in [2.24, 2.45) is 0 Å². The van der Waals surface area contributed by atoms with Gasteiger partial charge in [0.1, 0.15) is 0 Å². The molecule has 2 aromatic heterocycles. The summed E-state index contributed by atoms with van der Waals surface area (Å²) in [6.45, 7) is 4.25. The Morgan fingerprint density at radius 3 is 2.82 bits per heavy atom. The number of benzene rings is 1. The number of H-pyrrole nitrogens is 1. The van der Waals surface area contributed by atoms with Gasteiger partial charge >= 0.3 is 0 Å². The fraction of sp³-hybridized carbons (Fsp3) is 0.350. The Morgan fingerprint density at radius 2 is 2.00 bits per heavy atom. The number of hydrogen-bond acceptors (Lipinski definition) is 4. The molecule has 3 heterocycles. The smallest absolute Gasteiger partial charge is 0.257 e. The molecule has 1 amide bonds. The van der Waals surface area contributed by atoms with Crippen LogP contribution in [0.15, 0.2) is 41.3 Å². The number of carbonyl (C=O) groups excluding carboxylic acids is 1. The summed E-state index contributed by atoms with van der Waals surface area (Å²) in [5.41, 5.74) is 0.492. The lowest BCUT2D eigenvalue weighted by molar-refractivity contribution is 0.102. The highest BCUT2D eigenvalue weighted by Gasteiger charge is 2.14. The Labute approximate surface area is 167 Å². The number of aryl methyl sites for hydroxylation is 1. The van der Waals surface area contributed by atoms with Crippen molar-refractivity contribution in [1.29, 1.82) is 0 Å². The Bertz CT molecular complexity index is 1050. The molecule has 0 bridgehead atoms. The zero-order valence-corrected chi connectivity index (χ0v) is 16.2. The number of aromatic nitrogens is 3. The first-order valence-electron chi connectivity index (χ1n) is 9.48. The van der Waals surface area contributed by atoms with Gasteiger partial charge in [0.2, 0.25) is 5.56 Å². The molecule has 8 heteroatoms. The van der Waals surface area contributed by atoms with Crippen LogP contribution in [0.25, 0.3) is 10.9 Å². The second-order valence-corrected chi connectivity index (χ2v) is 7.49. The van der Waals surface area contributed by atoms with E-state index in [1.54, 1.807) is 24.3 Å². The highest BCUT2D eigenvalue weighted by molar-refractivity contribution is 6.31. The topological polar surface area (TPSA) is 83.0 Å². The average molecular weight is 400 g/mol. The van der Waals surface area contributed by atoms with Crippen molar-refractivity contribution in [2.45, 2.75) is 25.8 Å². The van der Waals surface area contributed by atoms with Gasteiger partial charge < -0.3 is 15.2 Å². The van der Waals surface area contributed by atoms with E-state index in [4.69, 9.17) is 11.6 Å². The Morgan fingerprint density at radius 1 is 1.18 bits per heavy atom. The molecule has 7 nitrogen and oxygen atoms in total. The molecule has 0 spiro atoms. The number of likely N-dealkylation sites (tertiary alicyclic amines) is 1. The van der Waals surface area contributed by atoms with Crippen LogP contribution in [0.1, 0.15) is 29.6 Å². The fourth-order valence-corrected chi connectivity index (χ4v) is 3.79. The fourth-order valence-electron chi connectivity index (χ4n) is 3.61. The second kappa shape index (κ2) is 8.16. The average Bonchev–Trinajstić information content (AvgIpc) is 3.34. The molecule has 0 saturated carbocycles.